The van der Waals surface area contributed by atoms with Crippen LogP contribution in [0, 0.1) is 0 Å². The van der Waals surface area contributed by atoms with Gasteiger partial charge in [0, 0.05) is 37.5 Å². The number of nitrogens with zero attached hydrogens (tertiary/aromatic N) is 2. The fraction of sp³-hybridized carbons (Fsp3) is 0.375. The van der Waals surface area contributed by atoms with E-state index in [1.165, 1.54) is 0 Å². The van der Waals surface area contributed by atoms with Crippen molar-refractivity contribution in [3.8, 4) is 0 Å². The van der Waals surface area contributed by atoms with Gasteiger partial charge in [-0.15, -0.1) is 0 Å². The van der Waals surface area contributed by atoms with Gasteiger partial charge < -0.3 is 15.4 Å². The number of methoxy groups -OCH3 is 1. The second-order valence-electron chi connectivity index (χ2n) is 5.19. The number of hydrogen-bond donors (Lipinski definition) is 2. The maximum Gasteiger partial charge on any atom is 0.241 e. The number of amides is 1. The van der Waals surface area contributed by atoms with E-state index in [1.54, 1.807) is 31.1 Å². The molecule has 2 atom stereocenters. The molecule has 2 aromatic rings. The van der Waals surface area contributed by atoms with Gasteiger partial charge in [0.15, 0.2) is 0 Å². The number of benzene rings is 1. The minimum absolute atomic E-state index is 0.135. The van der Waals surface area contributed by atoms with Crippen molar-refractivity contribution >= 4 is 17.5 Å². The first-order valence-electron chi connectivity index (χ1n) is 7.27. The summed E-state index contributed by atoms with van der Waals surface area (Å²) in [6.07, 6.45) is 3.22. The van der Waals surface area contributed by atoms with Gasteiger partial charge in [0.2, 0.25) is 5.91 Å². The minimum atomic E-state index is -0.458. The van der Waals surface area contributed by atoms with Crippen molar-refractivity contribution in [3.05, 3.63) is 52.8 Å². The Morgan fingerprint density at radius 1 is 1.43 bits per heavy atom. The summed E-state index contributed by atoms with van der Waals surface area (Å²) in [6.45, 7) is 0.355. The standard InChI is InChI=1S/C16H21ClN4O2/c1-18-15(12-8-20-21(2)10-12)16(22)19-9-14(23-3)11-5-4-6-13(17)7-11/h4-8,10,14-15,18H,9H2,1-3H3,(H,19,22). The maximum absolute atomic E-state index is 12.4. The van der Waals surface area contributed by atoms with Crippen LogP contribution in [-0.4, -0.2) is 36.4 Å². The van der Waals surface area contributed by atoms with Gasteiger partial charge >= 0.3 is 0 Å². The molecule has 0 fully saturated rings. The van der Waals surface area contributed by atoms with Crippen LogP contribution in [0.25, 0.3) is 0 Å². The molecule has 1 heterocycles. The summed E-state index contributed by atoms with van der Waals surface area (Å²) in [5, 5.41) is 10.6. The first-order valence-corrected chi connectivity index (χ1v) is 7.64. The molecule has 0 aliphatic rings. The average Bonchev–Trinajstić information content (AvgIpc) is 2.95. The van der Waals surface area contributed by atoms with Gasteiger partial charge in [-0.25, -0.2) is 0 Å². The molecule has 1 aromatic carbocycles. The number of rotatable bonds is 7. The van der Waals surface area contributed by atoms with Gasteiger partial charge in [-0.3, -0.25) is 9.48 Å². The van der Waals surface area contributed by atoms with Crippen molar-refractivity contribution in [3.63, 3.8) is 0 Å². The van der Waals surface area contributed by atoms with Crippen molar-refractivity contribution in [1.29, 1.82) is 0 Å². The molecule has 2 rings (SSSR count). The summed E-state index contributed by atoms with van der Waals surface area (Å²) in [4.78, 5) is 12.4. The zero-order valence-electron chi connectivity index (χ0n) is 13.4. The molecule has 7 heteroatoms. The molecule has 0 bridgehead atoms. The van der Waals surface area contributed by atoms with Crippen molar-refractivity contribution < 1.29 is 9.53 Å². The van der Waals surface area contributed by atoms with E-state index in [-0.39, 0.29) is 12.0 Å². The number of nitrogens with one attached hydrogen (secondary N) is 2. The first-order chi connectivity index (χ1) is 11.0. The third-order valence-electron chi connectivity index (χ3n) is 3.58. The predicted octanol–water partition coefficient (Wildman–Crippen LogP) is 1.84. The number of hydrogen-bond acceptors (Lipinski definition) is 4. The summed E-state index contributed by atoms with van der Waals surface area (Å²) in [6, 6.07) is 6.95. The fourth-order valence-electron chi connectivity index (χ4n) is 2.38. The molecule has 0 saturated heterocycles. The Labute approximate surface area is 140 Å². The topological polar surface area (TPSA) is 68.2 Å². The molecule has 23 heavy (non-hydrogen) atoms. The summed E-state index contributed by atoms with van der Waals surface area (Å²) in [7, 11) is 5.16. The van der Waals surface area contributed by atoms with Crippen LogP contribution in [0.1, 0.15) is 23.3 Å². The smallest absolute Gasteiger partial charge is 0.241 e. The van der Waals surface area contributed by atoms with Crippen molar-refractivity contribution in [2.75, 3.05) is 20.7 Å². The predicted molar refractivity (Wildman–Crippen MR) is 89.2 cm³/mol. The van der Waals surface area contributed by atoms with Gasteiger partial charge in [0.05, 0.1) is 12.3 Å². The highest BCUT2D eigenvalue weighted by Crippen LogP contribution is 2.20. The van der Waals surface area contributed by atoms with Crippen LogP contribution in [0.15, 0.2) is 36.7 Å². The Bertz CT molecular complexity index is 659. The van der Waals surface area contributed by atoms with E-state index >= 15 is 0 Å². The SMILES string of the molecule is CNC(C(=O)NCC(OC)c1cccc(Cl)c1)c1cnn(C)c1. The molecule has 0 spiro atoms. The molecular formula is C16H21ClN4O2. The molecule has 0 radical (unpaired) electrons. The molecule has 0 aliphatic heterocycles. The van der Waals surface area contributed by atoms with E-state index in [0.29, 0.717) is 11.6 Å². The number of likely N-dealkylation sites (N-methyl/N-ethyl adjacent to an activating group) is 1. The zero-order valence-corrected chi connectivity index (χ0v) is 14.2. The highest BCUT2D eigenvalue weighted by atomic mass is 35.5. The normalized spacial score (nSPS) is 13.6. The van der Waals surface area contributed by atoms with E-state index in [0.717, 1.165) is 11.1 Å². The van der Waals surface area contributed by atoms with Crippen LogP contribution in [0.3, 0.4) is 0 Å². The highest BCUT2D eigenvalue weighted by molar-refractivity contribution is 6.30. The van der Waals surface area contributed by atoms with Crippen molar-refractivity contribution in [2.45, 2.75) is 12.1 Å². The third kappa shape index (κ3) is 4.54. The van der Waals surface area contributed by atoms with Gasteiger partial charge in [-0.05, 0) is 24.7 Å². The second-order valence-corrected chi connectivity index (χ2v) is 5.63. The number of aromatic nitrogens is 2. The molecule has 1 aromatic heterocycles. The van der Waals surface area contributed by atoms with Gasteiger partial charge in [-0.2, -0.15) is 5.10 Å². The minimum Gasteiger partial charge on any atom is -0.375 e. The number of carbonyl (C=O) groups excluding carboxylic acids is 1. The second kappa shape index (κ2) is 8.10. The summed E-state index contributed by atoms with van der Waals surface area (Å²) in [5.41, 5.74) is 1.73. The van der Waals surface area contributed by atoms with Crippen LogP contribution < -0.4 is 10.6 Å². The number of carbonyl (C=O) groups is 1. The lowest BCUT2D eigenvalue weighted by Gasteiger charge is -2.19. The first kappa shape index (κ1) is 17.5. The quantitative estimate of drug-likeness (QED) is 0.809. The number of halogens is 1. The van der Waals surface area contributed by atoms with Gasteiger partial charge in [0.25, 0.3) is 0 Å². The molecule has 1 amide bonds. The third-order valence-corrected chi connectivity index (χ3v) is 3.81. The van der Waals surface area contributed by atoms with Crippen molar-refractivity contribution in [1.82, 2.24) is 20.4 Å². The molecule has 2 unspecified atom stereocenters. The number of aryl methyl sites for hydroxylation is 1. The monoisotopic (exact) mass is 336 g/mol. The Morgan fingerprint density at radius 3 is 2.78 bits per heavy atom. The van der Waals surface area contributed by atoms with Gasteiger partial charge in [0.1, 0.15) is 6.04 Å². The molecule has 6 nitrogen and oxygen atoms in total. The molecule has 124 valence electrons. The maximum atomic E-state index is 12.4. The van der Waals surface area contributed by atoms with Crippen LogP contribution in [-0.2, 0) is 16.6 Å². The van der Waals surface area contributed by atoms with Crippen molar-refractivity contribution in [2.24, 2.45) is 7.05 Å². The lowest BCUT2D eigenvalue weighted by molar-refractivity contribution is -0.123. The van der Waals surface area contributed by atoms with E-state index in [9.17, 15) is 4.79 Å². The summed E-state index contributed by atoms with van der Waals surface area (Å²) >= 11 is 6.00. The molecular weight excluding hydrogens is 316 g/mol. The van der Waals surface area contributed by atoms with Gasteiger partial charge in [-0.1, -0.05) is 23.7 Å². The van der Waals surface area contributed by atoms with Crippen LogP contribution in [0.2, 0.25) is 5.02 Å². The Hall–Kier alpha value is -1.89. The molecule has 0 aliphatic carbocycles. The summed E-state index contributed by atoms with van der Waals surface area (Å²) in [5.74, 6) is -0.135. The van der Waals surface area contributed by atoms with E-state index < -0.39 is 6.04 Å². The van der Waals surface area contributed by atoms with Crippen LogP contribution in [0.5, 0.6) is 0 Å². The lowest BCUT2D eigenvalue weighted by Crippen LogP contribution is -2.38. The molecule has 0 saturated carbocycles. The molecule has 2 N–H and O–H groups in total. The van der Waals surface area contributed by atoms with E-state index in [4.69, 9.17) is 16.3 Å². The lowest BCUT2D eigenvalue weighted by atomic mass is 10.1. The van der Waals surface area contributed by atoms with Crippen LogP contribution in [0.4, 0.5) is 0 Å². The van der Waals surface area contributed by atoms with E-state index in [1.807, 2.05) is 31.4 Å². The fourth-order valence-corrected chi connectivity index (χ4v) is 2.58. The summed E-state index contributed by atoms with van der Waals surface area (Å²) < 4.78 is 7.12. The largest absolute Gasteiger partial charge is 0.375 e. The highest BCUT2D eigenvalue weighted by Gasteiger charge is 2.21. The average molecular weight is 337 g/mol. The van der Waals surface area contributed by atoms with E-state index in [2.05, 4.69) is 15.7 Å². The van der Waals surface area contributed by atoms with Crippen LogP contribution >= 0.6 is 11.6 Å². The Balaban J connectivity index is 2.01. The number of ether oxygens (including phenoxy) is 1. The Morgan fingerprint density at radius 2 is 2.22 bits per heavy atom. The Kier molecular flexibility index (Phi) is 6.15. The zero-order chi connectivity index (χ0) is 16.8.